The third-order valence-electron chi connectivity index (χ3n) is 3.33. The zero-order valence-electron chi connectivity index (χ0n) is 12.2. The number of nitrogens with two attached hydrogens (primary N) is 1. The third kappa shape index (κ3) is 3.99. The molecular weight excluding hydrogens is 276 g/mol. The fourth-order valence-electron chi connectivity index (χ4n) is 1.94. The number of hydrogen-bond acceptors (Lipinski definition) is 8. The van der Waals surface area contributed by atoms with Crippen molar-refractivity contribution in [3.05, 3.63) is 15.8 Å². The molecule has 9 nitrogen and oxygen atoms in total. The van der Waals surface area contributed by atoms with E-state index in [0.717, 1.165) is 6.61 Å². The van der Waals surface area contributed by atoms with Crippen molar-refractivity contribution >= 4 is 17.5 Å². The molecule has 0 amide bonds. The molecule has 1 aromatic heterocycles. The maximum absolute atomic E-state index is 11.2. The summed E-state index contributed by atoms with van der Waals surface area (Å²) in [6.07, 6.45) is 2.47. The summed E-state index contributed by atoms with van der Waals surface area (Å²) in [6.45, 7) is 3.32. The number of aryl methyl sites for hydroxylation is 1. The van der Waals surface area contributed by atoms with Crippen molar-refractivity contribution in [1.82, 2.24) is 9.97 Å². The summed E-state index contributed by atoms with van der Waals surface area (Å²) in [5, 5.41) is 11.2. The number of nitrogens with one attached hydrogen (secondary N) is 1. The van der Waals surface area contributed by atoms with Gasteiger partial charge in [-0.15, -0.1) is 0 Å². The fourth-order valence-corrected chi connectivity index (χ4v) is 1.94. The van der Waals surface area contributed by atoms with Crippen LogP contribution in [0.25, 0.3) is 0 Å². The lowest BCUT2D eigenvalue weighted by molar-refractivity contribution is -0.385. The predicted octanol–water partition coefficient (Wildman–Crippen LogP) is 0.842. The van der Waals surface area contributed by atoms with Crippen LogP contribution in [0, 0.1) is 23.0 Å². The molecule has 0 atom stereocenters. The van der Waals surface area contributed by atoms with Crippen LogP contribution in [0.3, 0.4) is 0 Å². The van der Waals surface area contributed by atoms with Gasteiger partial charge in [-0.3, -0.25) is 15.5 Å². The van der Waals surface area contributed by atoms with E-state index in [0.29, 0.717) is 19.1 Å². The van der Waals surface area contributed by atoms with Gasteiger partial charge in [0.2, 0.25) is 11.8 Å². The van der Waals surface area contributed by atoms with Crippen molar-refractivity contribution < 1.29 is 9.66 Å². The summed E-state index contributed by atoms with van der Waals surface area (Å²) in [4.78, 5) is 20.4. The molecule has 1 saturated carbocycles. The van der Waals surface area contributed by atoms with Gasteiger partial charge in [-0.05, 0) is 25.7 Å². The Bertz CT molecular complexity index is 520. The molecule has 0 saturated heterocycles. The molecular formula is C12H20N6O3. The van der Waals surface area contributed by atoms with Crippen molar-refractivity contribution in [3.63, 3.8) is 0 Å². The summed E-state index contributed by atoms with van der Waals surface area (Å²) >= 11 is 0. The van der Waals surface area contributed by atoms with Crippen LogP contribution >= 0.6 is 0 Å². The summed E-state index contributed by atoms with van der Waals surface area (Å²) in [6, 6.07) is 0. The normalized spacial score (nSPS) is 14.0. The minimum absolute atomic E-state index is 0.112. The van der Waals surface area contributed by atoms with Crippen LogP contribution in [0.1, 0.15) is 18.5 Å². The zero-order chi connectivity index (χ0) is 15.4. The highest BCUT2D eigenvalue weighted by Crippen LogP contribution is 2.30. The van der Waals surface area contributed by atoms with Crippen LogP contribution < -0.4 is 16.2 Å². The SMILES string of the molecule is Cc1nc(NN)nc(N(C)CCOCC2CC2)c1[N+](=O)[O-]. The van der Waals surface area contributed by atoms with Gasteiger partial charge in [-0.25, -0.2) is 10.8 Å². The van der Waals surface area contributed by atoms with E-state index < -0.39 is 4.92 Å². The number of aromatic nitrogens is 2. The van der Waals surface area contributed by atoms with Gasteiger partial charge in [0.15, 0.2) is 0 Å². The van der Waals surface area contributed by atoms with Crippen LogP contribution in [0.5, 0.6) is 0 Å². The second-order valence-corrected chi connectivity index (χ2v) is 5.15. The highest BCUT2D eigenvalue weighted by Gasteiger charge is 2.25. The van der Waals surface area contributed by atoms with Gasteiger partial charge >= 0.3 is 5.69 Å². The van der Waals surface area contributed by atoms with Crippen molar-refractivity contribution in [2.75, 3.05) is 37.1 Å². The average Bonchev–Trinajstić information content (AvgIpc) is 3.26. The molecule has 3 N–H and O–H groups in total. The first-order chi connectivity index (χ1) is 10.0. The molecule has 9 heteroatoms. The topological polar surface area (TPSA) is 119 Å². The van der Waals surface area contributed by atoms with E-state index in [-0.39, 0.29) is 23.1 Å². The van der Waals surface area contributed by atoms with Gasteiger partial charge in [0.1, 0.15) is 5.69 Å². The number of anilines is 2. The molecule has 0 aromatic carbocycles. The number of hydrazine groups is 1. The molecule has 1 aliphatic carbocycles. The van der Waals surface area contributed by atoms with E-state index >= 15 is 0 Å². The number of rotatable bonds is 8. The van der Waals surface area contributed by atoms with Gasteiger partial charge in [0, 0.05) is 20.2 Å². The molecule has 1 aromatic rings. The second-order valence-electron chi connectivity index (χ2n) is 5.15. The Morgan fingerprint density at radius 1 is 1.52 bits per heavy atom. The molecule has 2 rings (SSSR count). The first-order valence-corrected chi connectivity index (χ1v) is 6.81. The maximum atomic E-state index is 11.2. The molecule has 0 radical (unpaired) electrons. The quantitative estimate of drug-likeness (QED) is 0.313. The van der Waals surface area contributed by atoms with Crippen molar-refractivity contribution in [2.45, 2.75) is 19.8 Å². The van der Waals surface area contributed by atoms with Gasteiger partial charge in [0.25, 0.3) is 0 Å². The summed E-state index contributed by atoms with van der Waals surface area (Å²) in [7, 11) is 1.73. The van der Waals surface area contributed by atoms with E-state index in [1.165, 1.54) is 12.8 Å². The number of ether oxygens (including phenoxy) is 1. The van der Waals surface area contributed by atoms with Gasteiger partial charge in [-0.2, -0.15) is 4.98 Å². The lowest BCUT2D eigenvalue weighted by Crippen LogP contribution is -2.26. The highest BCUT2D eigenvalue weighted by molar-refractivity contribution is 5.61. The van der Waals surface area contributed by atoms with E-state index in [1.807, 2.05) is 0 Å². The Morgan fingerprint density at radius 2 is 2.24 bits per heavy atom. The van der Waals surface area contributed by atoms with Crippen LogP contribution in [0.4, 0.5) is 17.5 Å². The Labute approximate surface area is 122 Å². The van der Waals surface area contributed by atoms with E-state index in [2.05, 4.69) is 15.4 Å². The lowest BCUT2D eigenvalue weighted by atomic mass is 10.3. The Hall–Kier alpha value is -2.00. The summed E-state index contributed by atoms with van der Waals surface area (Å²) < 4.78 is 5.54. The number of nitrogen functional groups attached to an aromatic ring is 1. The van der Waals surface area contributed by atoms with Gasteiger partial charge < -0.3 is 9.64 Å². The molecule has 1 aliphatic rings. The summed E-state index contributed by atoms with van der Waals surface area (Å²) in [5.41, 5.74) is 2.47. The van der Waals surface area contributed by atoms with Crippen LogP contribution in [-0.4, -0.2) is 41.7 Å². The monoisotopic (exact) mass is 296 g/mol. The molecule has 0 bridgehead atoms. The number of nitrogens with zero attached hydrogens (tertiary/aromatic N) is 4. The minimum atomic E-state index is -0.480. The fraction of sp³-hybridized carbons (Fsp3) is 0.667. The lowest BCUT2D eigenvalue weighted by Gasteiger charge is -2.19. The van der Waals surface area contributed by atoms with E-state index in [1.54, 1.807) is 18.9 Å². The summed E-state index contributed by atoms with van der Waals surface area (Å²) in [5.74, 6) is 6.36. The van der Waals surface area contributed by atoms with Crippen LogP contribution in [0.2, 0.25) is 0 Å². The first kappa shape index (κ1) is 15.4. The van der Waals surface area contributed by atoms with Gasteiger partial charge in [0.05, 0.1) is 11.5 Å². The average molecular weight is 296 g/mol. The molecule has 0 spiro atoms. The molecule has 1 fully saturated rings. The van der Waals surface area contributed by atoms with Crippen molar-refractivity contribution in [2.24, 2.45) is 11.8 Å². The Balaban J connectivity index is 2.07. The standard InChI is InChI=1S/C12H20N6O3/c1-8-10(18(19)20)11(15-12(14-8)16-13)17(2)5-6-21-7-9-3-4-9/h9H,3-7,13H2,1-2H3,(H,14,15,16). The molecule has 21 heavy (non-hydrogen) atoms. The minimum Gasteiger partial charge on any atom is -0.379 e. The molecule has 1 heterocycles. The van der Waals surface area contributed by atoms with Crippen molar-refractivity contribution in [3.8, 4) is 0 Å². The molecule has 0 aliphatic heterocycles. The Kier molecular flexibility index (Phi) is 4.86. The third-order valence-corrected chi connectivity index (χ3v) is 3.33. The first-order valence-electron chi connectivity index (χ1n) is 6.81. The smallest absolute Gasteiger partial charge is 0.332 e. The Morgan fingerprint density at radius 3 is 2.81 bits per heavy atom. The number of likely N-dealkylation sites (N-methyl/N-ethyl adjacent to an activating group) is 1. The zero-order valence-corrected chi connectivity index (χ0v) is 12.2. The molecule has 116 valence electrons. The number of nitro groups is 1. The van der Waals surface area contributed by atoms with Crippen LogP contribution in [0.15, 0.2) is 0 Å². The maximum Gasteiger partial charge on any atom is 0.332 e. The second kappa shape index (κ2) is 6.64. The van der Waals surface area contributed by atoms with E-state index in [9.17, 15) is 10.1 Å². The van der Waals surface area contributed by atoms with Crippen molar-refractivity contribution in [1.29, 1.82) is 0 Å². The van der Waals surface area contributed by atoms with Crippen LogP contribution in [-0.2, 0) is 4.74 Å². The highest BCUT2D eigenvalue weighted by atomic mass is 16.6. The number of hydrogen-bond donors (Lipinski definition) is 2. The van der Waals surface area contributed by atoms with E-state index in [4.69, 9.17) is 10.6 Å². The largest absolute Gasteiger partial charge is 0.379 e. The van der Waals surface area contributed by atoms with Gasteiger partial charge in [-0.1, -0.05) is 0 Å². The predicted molar refractivity (Wildman–Crippen MR) is 78.0 cm³/mol. The molecule has 0 unspecified atom stereocenters.